The van der Waals surface area contributed by atoms with Gasteiger partial charge in [0.15, 0.2) is 12.4 Å². The number of carbonyl (C=O) groups excluding carboxylic acids is 1. The highest BCUT2D eigenvalue weighted by molar-refractivity contribution is 7.17. The molecule has 0 bridgehead atoms. The average Bonchev–Trinajstić information content (AvgIpc) is 3.45. The van der Waals surface area contributed by atoms with Crippen LogP contribution in [0.25, 0.3) is 21.3 Å². The molecule has 0 radical (unpaired) electrons. The normalized spacial score (nSPS) is 21.6. The number of aromatic amines is 1. The van der Waals surface area contributed by atoms with Crippen molar-refractivity contribution in [3.05, 3.63) is 51.9 Å². The van der Waals surface area contributed by atoms with E-state index in [4.69, 9.17) is 4.98 Å². The molecule has 1 aromatic carbocycles. The highest BCUT2D eigenvalue weighted by Crippen LogP contribution is 2.30. The molecule has 2 fully saturated rings. The lowest BCUT2D eigenvalue weighted by molar-refractivity contribution is -1.02. The Labute approximate surface area is 178 Å². The number of fused-ring (bicyclic) bond motifs is 1. The van der Waals surface area contributed by atoms with Gasteiger partial charge in [0, 0.05) is 17.0 Å². The van der Waals surface area contributed by atoms with Crippen molar-refractivity contribution >= 4 is 27.5 Å². The van der Waals surface area contributed by atoms with Gasteiger partial charge in [0.05, 0.1) is 5.39 Å². The van der Waals surface area contributed by atoms with Gasteiger partial charge in [-0.05, 0) is 18.4 Å². The van der Waals surface area contributed by atoms with Crippen molar-refractivity contribution in [3.63, 3.8) is 0 Å². The molecule has 1 saturated heterocycles. The molecule has 1 amide bonds. The van der Waals surface area contributed by atoms with Crippen LogP contribution in [-0.4, -0.2) is 54.6 Å². The van der Waals surface area contributed by atoms with Crippen LogP contribution in [0.1, 0.15) is 18.7 Å². The van der Waals surface area contributed by atoms with Gasteiger partial charge in [-0.25, -0.2) is 4.98 Å². The number of aromatic nitrogens is 2. The summed E-state index contributed by atoms with van der Waals surface area (Å²) in [4.78, 5) is 36.2. The Bertz CT molecular complexity index is 1100. The Morgan fingerprint density at radius 3 is 2.60 bits per heavy atom. The van der Waals surface area contributed by atoms with Crippen LogP contribution < -0.4 is 20.7 Å². The maximum Gasteiger partial charge on any atom is 0.275 e. The molecule has 8 heteroatoms. The molecule has 0 atom stereocenters. The van der Waals surface area contributed by atoms with Crippen LogP contribution in [0.3, 0.4) is 0 Å². The van der Waals surface area contributed by atoms with Gasteiger partial charge in [-0.15, -0.1) is 11.3 Å². The minimum atomic E-state index is -0.0597. The summed E-state index contributed by atoms with van der Waals surface area (Å²) >= 11 is 1.53. The van der Waals surface area contributed by atoms with Crippen LogP contribution in [0.15, 0.2) is 40.5 Å². The fourth-order valence-electron chi connectivity index (χ4n) is 4.19. The monoisotopic (exact) mass is 425 g/mol. The van der Waals surface area contributed by atoms with E-state index in [-0.39, 0.29) is 11.5 Å². The van der Waals surface area contributed by atoms with Crippen molar-refractivity contribution in [1.29, 1.82) is 0 Å². The predicted molar refractivity (Wildman–Crippen MR) is 117 cm³/mol. The van der Waals surface area contributed by atoms with Crippen molar-refractivity contribution in [1.82, 2.24) is 15.3 Å². The molecule has 4 N–H and O–H groups in total. The molecule has 2 aliphatic rings. The number of piperazine rings is 1. The van der Waals surface area contributed by atoms with E-state index in [0.29, 0.717) is 24.5 Å². The summed E-state index contributed by atoms with van der Waals surface area (Å²) in [6.45, 7) is 5.18. The number of hydrogen-bond donors (Lipinski definition) is 4. The number of nitrogens with zero attached hydrogens (tertiary/aromatic N) is 1. The smallest absolute Gasteiger partial charge is 0.275 e. The van der Waals surface area contributed by atoms with Crippen molar-refractivity contribution in [2.45, 2.75) is 25.4 Å². The van der Waals surface area contributed by atoms with Gasteiger partial charge in [0.2, 0.25) is 0 Å². The number of quaternary nitrogens is 2. The number of thiophene rings is 1. The molecule has 156 valence electrons. The van der Waals surface area contributed by atoms with Crippen molar-refractivity contribution in [2.24, 2.45) is 0 Å². The Morgan fingerprint density at radius 1 is 1.13 bits per heavy atom. The number of carbonyl (C=O) groups is 1. The largest absolute Gasteiger partial charge is 0.348 e. The minimum absolute atomic E-state index is 0.0597. The molecule has 7 nitrogen and oxygen atoms in total. The molecule has 1 saturated carbocycles. The minimum Gasteiger partial charge on any atom is -0.348 e. The highest BCUT2D eigenvalue weighted by Gasteiger charge is 2.28. The lowest BCUT2D eigenvalue weighted by atomic mass is 10.1. The second kappa shape index (κ2) is 8.29. The molecule has 0 unspecified atom stereocenters. The third kappa shape index (κ3) is 4.30. The fraction of sp³-hybridized carbons (Fsp3) is 0.409. The van der Waals surface area contributed by atoms with Gasteiger partial charge in [0.1, 0.15) is 37.6 Å². The van der Waals surface area contributed by atoms with E-state index >= 15 is 0 Å². The van der Waals surface area contributed by atoms with E-state index in [2.05, 4.69) is 10.3 Å². The van der Waals surface area contributed by atoms with Crippen molar-refractivity contribution in [2.75, 3.05) is 32.7 Å². The number of nitrogens with one attached hydrogen (secondary N) is 4. The zero-order valence-electron chi connectivity index (χ0n) is 16.9. The van der Waals surface area contributed by atoms with Gasteiger partial charge in [-0.2, -0.15) is 0 Å². The zero-order valence-corrected chi connectivity index (χ0v) is 17.7. The van der Waals surface area contributed by atoms with Crippen LogP contribution in [0.5, 0.6) is 0 Å². The highest BCUT2D eigenvalue weighted by atomic mass is 32.1. The molecule has 5 rings (SSSR count). The van der Waals surface area contributed by atoms with E-state index in [9.17, 15) is 9.59 Å². The van der Waals surface area contributed by atoms with Crippen LogP contribution in [0.4, 0.5) is 0 Å². The van der Waals surface area contributed by atoms with Gasteiger partial charge >= 0.3 is 0 Å². The molecule has 2 aromatic heterocycles. The molecular weight excluding hydrogens is 398 g/mol. The maximum absolute atomic E-state index is 12.8. The van der Waals surface area contributed by atoms with Crippen molar-refractivity contribution < 1.29 is 14.6 Å². The number of benzene rings is 1. The fourth-order valence-corrected chi connectivity index (χ4v) is 5.16. The number of hydrogen-bond acceptors (Lipinski definition) is 4. The van der Waals surface area contributed by atoms with Gasteiger partial charge in [-0.3, -0.25) is 9.59 Å². The number of amides is 1. The molecule has 0 spiro atoms. The molecular formula is C22H27N5O2S+2. The SMILES string of the molecule is O=C(C[NH+]1CC[NH+](Cc2nc3scc(-c4ccccc4)c3c(=O)[nH]2)CC1)NC1CC1. The lowest BCUT2D eigenvalue weighted by Gasteiger charge is -2.29. The topological polar surface area (TPSA) is 83.7 Å². The molecule has 3 aromatic rings. The molecule has 30 heavy (non-hydrogen) atoms. The average molecular weight is 426 g/mol. The summed E-state index contributed by atoms with van der Waals surface area (Å²) in [5.74, 6) is 0.929. The molecule has 3 heterocycles. The first-order valence-electron chi connectivity index (χ1n) is 10.7. The summed E-state index contributed by atoms with van der Waals surface area (Å²) in [5.41, 5.74) is 1.93. The van der Waals surface area contributed by atoms with E-state index in [1.807, 2.05) is 35.7 Å². The summed E-state index contributed by atoms with van der Waals surface area (Å²) in [6, 6.07) is 10.4. The standard InChI is InChI=1S/C22H25N5O2S/c28-19(23-16-6-7-16)13-27-10-8-26(9-11-27)12-18-24-21(29)20-17(14-30-22(20)25-18)15-4-2-1-3-5-15/h1-5,14,16H,6-13H2,(H,23,28)(H,24,25,29)/p+2. The van der Waals surface area contributed by atoms with Crippen LogP contribution in [0, 0.1) is 0 Å². The van der Waals surface area contributed by atoms with Crippen LogP contribution in [0.2, 0.25) is 0 Å². The Morgan fingerprint density at radius 2 is 1.87 bits per heavy atom. The zero-order chi connectivity index (χ0) is 20.5. The second-order valence-corrected chi connectivity index (χ2v) is 9.26. The van der Waals surface area contributed by atoms with Crippen LogP contribution in [-0.2, 0) is 11.3 Å². The van der Waals surface area contributed by atoms with Gasteiger partial charge in [-0.1, -0.05) is 30.3 Å². The summed E-state index contributed by atoms with van der Waals surface area (Å²) in [6.07, 6.45) is 2.26. The Hall–Kier alpha value is -2.55. The van der Waals surface area contributed by atoms with E-state index in [1.54, 1.807) is 0 Å². The number of H-pyrrole nitrogens is 1. The van der Waals surface area contributed by atoms with E-state index in [0.717, 1.165) is 60.8 Å². The predicted octanol–water partition coefficient (Wildman–Crippen LogP) is -0.786. The van der Waals surface area contributed by atoms with Gasteiger partial charge < -0.3 is 20.1 Å². The van der Waals surface area contributed by atoms with E-state index in [1.165, 1.54) is 21.1 Å². The molecule has 1 aliphatic heterocycles. The van der Waals surface area contributed by atoms with E-state index < -0.39 is 0 Å². The Kier molecular flexibility index (Phi) is 5.37. The summed E-state index contributed by atoms with van der Waals surface area (Å²) < 4.78 is 0. The van der Waals surface area contributed by atoms with Crippen LogP contribution >= 0.6 is 11.3 Å². The first kappa shape index (κ1) is 19.4. The summed E-state index contributed by atoms with van der Waals surface area (Å²) in [5, 5.41) is 5.78. The maximum atomic E-state index is 12.8. The lowest BCUT2D eigenvalue weighted by Crippen LogP contribution is -3.28. The quantitative estimate of drug-likeness (QED) is 0.418. The second-order valence-electron chi connectivity index (χ2n) is 8.40. The Balaban J connectivity index is 1.23. The molecule has 1 aliphatic carbocycles. The van der Waals surface area contributed by atoms with Gasteiger partial charge in [0.25, 0.3) is 11.5 Å². The number of rotatable bonds is 6. The third-order valence-electron chi connectivity index (χ3n) is 6.01. The first-order chi connectivity index (χ1) is 14.7. The third-order valence-corrected chi connectivity index (χ3v) is 6.88. The van der Waals surface area contributed by atoms with Crippen molar-refractivity contribution in [3.8, 4) is 11.1 Å². The summed E-state index contributed by atoms with van der Waals surface area (Å²) in [7, 11) is 0. The first-order valence-corrected chi connectivity index (χ1v) is 11.6.